The first-order valence-electron chi connectivity index (χ1n) is 6.41. The number of ether oxygens (including phenoxy) is 2. The van der Waals surface area contributed by atoms with E-state index in [0.717, 1.165) is 48.3 Å². The van der Waals surface area contributed by atoms with E-state index < -0.39 is 0 Å². The average Bonchev–Trinajstić information content (AvgIpc) is 3.09. The van der Waals surface area contributed by atoms with Crippen LogP contribution >= 0.6 is 11.3 Å². The molecule has 1 aliphatic rings. The Hall–Kier alpha value is -1.09. The van der Waals surface area contributed by atoms with Gasteiger partial charge in [-0.2, -0.15) is 9.61 Å². The van der Waals surface area contributed by atoms with Gasteiger partial charge in [0, 0.05) is 26.8 Å². The van der Waals surface area contributed by atoms with Gasteiger partial charge in [-0.1, -0.05) is 11.3 Å². The lowest BCUT2D eigenvalue weighted by atomic mass is 10.2. The van der Waals surface area contributed by atoms with E-state index in [1.807, 2.05) is 4.52 Å². The molecular weight excluding hydrogens is 266 g/mol. The minimum absolute atomic E-state index is 0.0476. The molecule has 1 N–H and O–H groups in total. The van der Waals surface area contributed by atoms with Crippen molar-refractivity contribution in [3.05, 3.63) is 10.8 Å². The van der Waals surface area contributed by atoms with Gasteiger partial charge < -0.3 is 14.8 Å². The largest absolute Gasteiger partial charge is 0.383 e. The fraction of sp³-hybridized carbons (Fsp3) is 0.727. The number of methoxy groups -OCH3 is 1. The summed E-state index contributed by atoms with van der Waals surface area (Å²) in [7, 11) is 1.69. The van der Waals surface area contributed by atoms with Crippen LogP contribution in [0.3, 0.4) is 0 Å². The Bertz CT molecular complexity index is 534. The van der Waals surface area contributed by atoms with Crippen molar-refractivity contribution in [3.63, 3.8) is 0 Å². The van der Waals surface area contributed by atoms with Crippen molar-refractivity contribution < 1.29 is 9.47 Å². The number of hydrogen-bond donors (Lipinski definition) is 1. The van der Waals surface area contributed by atoms with Crippen molar-refractivity contribution in [1.82, 2.24) is 25.1 Å². The van der Waals surface area contributed by atoms with E-state index in [-0.39, 0.29) is 6.10 Å². The Morgan fingerprint density at radius 1 is 1.53 bits per heavy atom. The molecule has 7 nitrogen and oxygen atoms in total. The Labute approximate surface area is 114 Å². The molecule has 2 aromatic rings. The van der Waals surface area contributed by atoms with Crippen LogP contribution in [0.2, 0.25) is 0 Å². The van der Waals surface area contributed by atoms with Crippen molar-refractivity contribution in [2.45, 2.75) is 25.5 Å². The standard InChI is InChI=1S/C11H17N5O2S/c1-17-6-4-12-7-9-15-16-10(8-3-2-5-18-8)13-14-11(16)19-9/h8,12H,2-7H2,1H3. The summed E-state index contributed by atoms with van der Waals surface area (Å²) in [6.45, 7) is 3.04. The zero-order chi connectivity index (χ0) is 13.1. The summed E-state index contributed by atoms with van der Waals surface area (Å²) in [5, 5.41) is 17.2. The second-order valence-corrected chi connectivity index (χ2v) is 5.46. The van der Waals surface area contributed by atoms with E-state index in [9.17, 15) is 0 Å². The van der Waals surface area contributed by atoms with Crippen LogP contribution in [0.5, 0.6) is 0 Å². The van der Waals surface area contributed by atoms with Gasteiger partial charge >= 0.3 is 0 Å². The molecule has 1 atom stereocenters. The number of fused-ring (bicyclic) bond motifs is 1. The van der Waals surface area contributed by atoms with E-state index in [0.29, 0.717) is 6.61 Å². The van der Waals surface area contributed by atoms with Gasteiger partial charge in [0.05, 0.1) is 6.61 Å². The van der Waals surface area contributed by atoms with Gasteiger partial charge in [-0.05, 0) is 12.8 Å². The van der Waals surface area contributed by atoms with Gasteiger partial charge in [0.1, 0.15) is 11.1 Å². The van der Waals surface area contributed by atoms with Gasteiger partial charge in [0.15, 0.2) is 5.82 Å². The van der Waals surface area contributed by atoms with Gasteiger partial charge in [0.2, 0.25) is 4.96 Å². The molecule has 1 fully saturated rings. The third-order valence-electron chi connectivity index (χ3n) is 3.03. The lowest BCUT2D eigenvalue weighted by molar-refractivity contribution is 0.103. The second kappa shape index (κ2) is 5.91. The highest BCUT2D eigenvalue weighted by atomic mass is 32.1. The zero-order valence-corrected chi connectivity index (χ0v) is 11.7. The maximum absolute atomic E-state index is 5.64. The SMILES string of the molecule is COCCNCc1nn2c(C3CCCO3)nnc2s1. The van der Waals surface area contributed by atoms with Crippen molar-refractivity contribution in [1.29, 1.82) is 0 Å². The number of nitrogens with zero attached hydrogens (tertiary/aromatic N) is 4. The molecule has 0 aliphatic carbocycles. The predicted molar refractivity (Wildman–Crippen MR) is 70.2 cm³/mol. The maximum atomic E-state index is 5.64. The quantitative estimate of drug-likeness (QED) is 0.790. The third-order valence-corrected chi connectivity index (χ3v) is 3.93. The van der Waals surface area contributed by atoms with E-state index in [1.165, 1.54) is 0 Å². The van der Waals surface area contributed by atoms with E-state index in [2.05, 4.69) is 20.6 Å². The van der Waals surface area contributed by atoms with Crippen LogP contribution < -0.4 is 5.32 Å². The lowest BCUT2D eigenvalue weighted by Gasteiger charge is -2.04. The summed E-state index contributed by atoms with van der Waals surface area (Å²) in [5.41, 5.74) is 0. The molecule has 0 saturated carbocycles. The topological polar surface area (TPSA) is 73.6 Å². The second-order valence-electron chi connectivity index (χ2n) is 4.42. The lowest BCUT2D eigenvalue weighted by Crippen LogP contribution is -2.18. The van der Waals surface area contributed by atoms with E-state index >= 15 is 0 Å². The van der Waals surface area contributed by atoms with Crippen molar-refractivity contribution >= 4 is 16.3 Å². The minimum atomic E-state index is 0.0476. The van der Waals surface area contributed by atoms with E-state index in [4.69, 9.17) is 9.47 Å². The third kappa shape index (κ3) is 2.76. The highest BCUT2D eigenvalue weighted by molar-refractivity contribution is 7.16. The Balaban J connectivity index is 1.70. The monoisotopic (exact) mass is 283 g/mol. The maximum Gasteiger partial charge on any atom is 0.234 e. The summed E-state index contributed by atoms with van der Waals surface area (Å²) in [6.07, 6.45) is 2.13. The summed E-state index contributed by atoms with van der Waals surface area (Å²) in [4.78, 5) is 0.828. The number of nitrogens with one attached hydrogen (secondary N) is 1. The zero-order valence-electron chi connectivity index (χ0n) is 10.8. The molecule has 8 heteroatoms. The fourth-order valence-corrected chi connectivity index (χ4v) is 2.90. The number of rotatable bonds is 6. The molecule has 2 aromatic heterocycles. The minimum Gasteiger partial charge on any atom is -0.383 e. The molecule has 1 unspecified atom stereocenters. The first-order valence-corrected chi connectivity index (χ1v) is 7.22. The van der Waals surface area contributed by atoms with Crippen molar-refractivity contribution in [2.24, 2.45) is 0 Å². The molecule has 0 bridgehead atoms. The summed E-state index contributed by atoms with van der Waals surface area (Å²) in [6, 6.07) is 0. The molecule has 3 heterocycles. The van der Waals surface area contributed by atoms with Gasteiger partial charge in [-0.15, -0.1) is 10.2 Å². The fourth-order valence-electron chi connectivity index (χ4n) is 2.09. The molecule has 0 radical (unpaired) electrons. The molecule has 3 rings (SSSR count). The van der Waals surface area contributed by atoms with Crippen LogP contribution in [0, 0.1) is 0 Å². The Morgan fingerprint density at radius 3 is 3.26 bits per heavy atom. The molecule has 1 saturated heterocycles. The van der Waals surface area contributed by atoms with E-state index in [1.54, 1.807) is 18.4 Å². The smallest absolute Gasteiger partial charge is 0.234 e. The molecule has 0 spiro atoms. The van der Waals surface area contributed by atoms with Crippen LogP contribution in [0.15, 0.2) is 0 Å². The van der Waals surface area contributed by atoms with Crippen LogP contribution in [-0.4, -0.2) is 46.7 Å². The van der Waals surface area contributed by atoms with Crippen LogP contribution in [0.25, 0.3) is 4.96 Å². The average molecular weight is 283 g/mol. The first kappa shape index (κ1) is 12.9. The Kier molecular flexibility index (Phi) is 4.02. The number of hydrogen-bond acceptors (Lipinski definition) is 7. The predicted octanol–water partition coefficient (Wildman–Crippen LogP) is 0.773. The van der Waals surface area contributed by atoms with Crippen molar-refractivity contribution in [2.75, 3.05) is 26.9 Å². The molecule has 0 aromatic carbocycles. The molecular formula is C11H17N5O2S. The number of aromatic nitrogens is 4. The molecule has 0 amide bonds. The van der Waals surface area contributed by atoms with Gasteiger partial charge in [-0.3, -0.25) is 0 Å². The summed E-state index contributed by atoms with van der Waals surface area (Å²) in [5.74, 6) is 0.826. The van der Waals surface area contributed by atoms with Crippen LogP contribution in [0.1, 0.15) is 29.8 Å². The summed E-state index contributed by atoms with van der Waals surface area (Å²) >= 11 is 1.55. The van der Waals surface area contributed by atoms with Crippen LogP contribution in [-0.2, 0) is 16.0 Å². The van der Waals surface area contributed by atoms with Crippen LogP contribution in [0.4, 0.5) is 0 Å². The highest BCUT2D eigenvalue weighted by Gasteiger charge is 2.24. The molecule has 104 valence electrons. The normalized spacial score (nSPS) is 19.5. The van der Waals surface area contributed by atoms with Crippen molar-refractivity contribution in [3.8, 4) is 0 Å². The molecule has 19 heavy (non-hydrogen) atoms. The summed E-state index contributed by atoms with van der Waals surface area (Å²) < 4.78 is 12.4. The molecule has 1 aliphatic heterocycles. The van der Waals surface area contributed by atoms with Gasteiger partial charge in [-0.25, -0.2) is 0 Å². The highest BCUT2D eigenvalue weighted by Crippen LogP contribution is 2.28. The first-order chi connectivity index (χ1) is 9.38. The Morgan fingerprint density at radius 2 is 2.47 bits per heavy atom. The van der Waals surface area contributed by atoms with Gasteiger partial charge in [0.25, 0.3) is 0 Å².